The van der Waals surface area contributed by atoms with Gasteiger partial charge in [0.05, 0.1) is 24.0 Å². The van der Waals surface area contributed by atoms with Crippen LogP contribution in [-0.2, 0) is 0 Å². The Bertz CT molecular complexity index is 330. The summed E-state index contributed by atoms with van der Waals surface area (Å²) in [6, 6.07) is 0. The number of hydrogen-bond donors (Lipinski definition) is 1. The number of aliphatic hydroxyl groups excluding tert-OH is 1. The van der Waals surface area contributed by atoms with E-state index in [1.807, 2.05) is 0 Å². The molecular weight excluding hydrogens is 247 g/mol. The summed E-state index contributed by atoms with van der Waals surface area (Å²) in [4.78, 5) is 8.14. The molecule has 1 rings (SSSR count). The van der Waals surface area contributed by atoms with Gasteiger partial charge in [-0.1, -0.05) is 11.6 Å². The van der Waals surface area contributed by atoms with Gasteiger partial charge in [-0.2, -0.15) is 13.2 Å². The fraction of sp³-hybridized carbons (Fsp3) is 0.500. The summed E-state index contributed by atoms with van der Waals surface area (Å²) in [5.74, 6) is -0.115. The maximum atomic E-state index is 12.2. The first-order chi connectivity index (χ1) is 7.42. The van der Waals surface area contributed by atoms with Gasteiger partial charge in [0.15, 0.2) is 0 Å². The van der Waals surface area contributed by atoms with E-state index in [9.17, 15) is 13.2 Å². The van der Waals surface area contributed by atoms with Crippen molar-refractivity contribution in [2.75, 3.05) is 24.6 Å². The second kappa shape index (κ2) is 5.31. The summed E-state index contributed by atoms with van der Waals surface area (Å²) in [5, 5.41) is 8.89. The molecule has 0 aliphatic heterocycles. The summed E-state index contributed by atoms with van der Waals surface area (Å²) < 4.78 is 36.6. The highest BCUT2D eigenvalue weighted by molar-refractivity contribution is 6.30. The molecule has 16 heavy (non-hydrogen) atoms. The van der Waals surface area contributed by atoms with Gasteiger partial charge in [-0.25, -0.2) is 9.97 Å². The van der Waals surface area contributed by atoms with Crippen molar-refractivity contribution in [2.24, 2.45) is 0 Å². The highest BCUT2D eigenvalue weighted by atomic mass is 35.5. The lowest BCUT2D eigenvalue weighted by Crippen LogP contribution is -2.37. The summed E-state index contributed by atoms with van der Waals surface area (Å²) in [7, 11) is 0. The average molecular weight is 256 g/mol. The number of alkyl halides is 3. The van der Waals surface area contributed by atoms with Crippen LogP contribution >= 0.6 is 11.6 Å². The van der Waals surface area contributed by atoms with E-state index in [0.29, 0.717) is 0 Å². The van der Waals surface area contributed by atoms with Crippen molar-refractivity contribution in [1.29, 1.82) is 0 Å². The minimum atomic E-state index is -4.38. The molecule has 0 saturated carbocycles. The van der Waals surface area contributed by atoms with Crippen LogP contribution in [0, 0.1) is 0 Å². The smallest absolute Gasteiger partial charge is 0.395 e. The predicted molar refractivity (Wildman–Crippen MR) is 52.4 cm³/mol. The van der Waals surface area contributed by atoms with E-state index < -0.39 is 19.3 Å². The van der Waals surface area contributed by atoms with Crippen LogP contribution in [0.3, 0.4) is 0 Å². The lowest BCUT2D eigenvalue weighted by atomic mass is 10.5. The number of hydrogen-bond acceptors (Lipinski definition) is 4. The first-order valence-corrected chi connectivity index (χ1v) is 4.70. The molecule has 0 atom stereocenters. The van der Waals surface area contributed by atoms with Crippen LogP contribution in [-0.4, -0.2) is 40.9 Å². The van der Waals surface area contributed by atoms with Crippen LogP contribution in [0.1, 0.15) is 0 Å². The zero-order chi connectivity index (χ0) is 12.2. The van der Waals surface area contributed by atoms with Crippen LogP contribution in [0.5, 0.6) is 0 Å². The molecule has 0 amide bonds. The Balaban J connectivity index is 2.80. The van der Waals surface area contributed by atoms with Crippen LogP contribution in [0.4, 0.5) is 19.1 Å². The van der Waals surface area contributed by atoms with Gasteiger partial charge in [0, 0.05) is 6.54 Å². The molecule has 0 fully saturated rings. The number of aromatic nitrogens is 2. The number of halogens is 4. The molecule has 4 nitrogen and oxygen atoms in total. The molecule has 0 aliphatic rings. The van der Waals surface area contributed by atoms with Crippen molar-refractivity contribution in [3.63, 3.8) is 0 Å². The van der Waals surface area contributed by atoms with E-state index in [4.69, 9.17) is 16.7 Å². The van der Waals surface area contributed by atoms with Gasteiger partial charge in [0.25, 0.3) is 0 Å². The monoisotopic (exact) mass is 255 g/mol. The number of aliphatic hydroxyl groups is 1. The number of rotatable bonds is 4. The first-order valence-electron chi connectivity index (χ1n) is 4.32. The third kappa shape index (κ3) is 4.19. The molecule has 0 aromatic carbocycles. The third-order valence-corrected chi connectivity index (χ3v) is 1.82. The first kappa shape index (κ1) is 13.0. The summed E-state index contributed by atoms with van der Waals surface area (Å²) in [6.45, 7) is -1.82. The Kier molecular flexibility index (Phi) is 4.31. The number of anilines is 1. The molecule has 90 valence electrons. The standard InChI is InChI=1S/C8H9ClF3N3O/c9-6-3-13-7(14-4-6)15(1-2-16)5-8(10,11)12/h3-4,16H,1-2,5H2. The maximum Gasteiger partial charge on any atom is 0.406 e. The minimum absolute atomic E-state index is 0.115. The lowest BCUT2D eigenvalue weighted by molar-refractivity contribution is -0.120. The SMILES string of the molecule is OCCN(CC(F)(F)F)c1ncc(Cl)cn1. The highest BCUT2D eigenvalue weighted by Gasteiger charge is 2.31. The second-order valence-corrected chi connectivity index (χ2v) is 3.40. The summed E-state index contributed by atoms with van der Waals surface area (Å²) >= 11 is 5.51. The Labute approximate surface area is 94.7 Å². The normalized spacial score (nSPS) is 11.6. The molecule has 1 aromatic rings. The molecule has 0 bridgehead atoms. The molecule has 1 N–H and O–H groups in total. The lowest BCUT2D eigenvalue weighted by Gasteiger charge is -2.22. The van der Waals surface area contributed by atoms with Crippen molar-refractivity contribution >= 4 is 17.5 Å². The van der Waals surface area contributed by atoms with E-state index in [-0.39, 0.29) is 17.5 Å². The van der Waals surface area contributed by atoms with Gasteiger partial charge >= 0.3 is 6.18 Å². The van der Waals surface area contributed by atoms with E-state index in [2.05, 4.69) is 9.97 Å². The van der Waals surface area contributed by atoms with Crippen molar-refractivity contribution < 1.29 is 18.3 Å². The quantitative estimate of drug-likeness (QED) is 0.886. The van der Waals surface area contributed by atoms with Gasteiger partial charge in [-0.3, -0.25) is 0 Å². The molecule has 0 unspecified atom stereocenters. The fourth-order valence-electron chi connectivity index (χ4n) is 1.06. The second-order valence-electron chi connectivity index (χ2n) is 2.96. The molecule has 0 saturated heterocycles. The van der Waals surface area contributed by atoms with Gasteiger partial charge < -0.3 is 10.0 Å². The zero-order valence-corrected chi connectivity index (χ0v) is 8.83. The summed E-state index contributed by atoms with van der Waals surface area (Å²) in [5.41, 5.74) is 0. The average Bonchev–Trinajstić information content (AvgIpc) is 2.16. The van der Waals surface area contributed by atoms with Crippen molar-refractivity contribution in [1.82, 2.24) is 9.97 Å². The molecule has 0 spiro atoms. The predicted octanol–water partition coefficient (Wildman–Crippen LogP) is 1.49. The highest BCUT2D eigenvalue weighted by Crippen LogP contribution is 2.19. The third-order valence-electron chi connectivity index (χ3n) is 1.63. The maximum absolute atomic E-state index is 12.2. The largest absolute Gasteiger partial charge is 0.406 e. The van der Waals surface area contributed by atoms with Crippen molar-refractivity contribution in [3.05, 3.63) is 17.4 Å². The van der Waals surface area contributed by atoms with Crippen LogP contribution in [0.2, 0.25) is 5.02 Å². The molecule has 1 heterocycles. The van der Waals surface area contributed by atoms with E-state index in [1.54, 1.807) is 0 Å². The molecule has 0 aliphatic carbocycles. The van der Waals surface area contributed by atoms with Crippen molar-refractivity contribution in [3.8, 4) is 0 Å². The number of nitrogens with zero attached hydrogens (tertiary/aromatic N) is 3. The molecule has 8 heteroatoms. The van der Waals surface area contributed by atoms with E-state index in [1.165, 1.54) is 12.4 Å². The van der Waals surface area contributed by atoms with E-state index in [0.717, 1.165) is 4.90 Å². The topological polar surface area (TPSA) is 49.2 Å². The van der Waals surface area contributed by atoms with Gasteiger partial charge in [-0.15, -0.1) is 0 Å². The minimum Gasteiger partial charge on any atom is -0.395 e. The van der Waals surface area contributed by atoms with Crippen molar-refractivity contribution in [2.45, 2.75) is 6.18 Å². The van der Waals surface area contributed by atoms with Crippen LogP contribution in [0.15, 0.2) is 12.4 Å². The van der Waals surface area contributed by atoms with Gasteiger partial charge in [0.1, 0.15) is 6.54 Å². The Morgan fingerprint density at radius 3 is 2.31 bits per heavy atom. The Morgan fingerprint density at radius 1 is 1.31 bits per heavy atom. The molecule has 0 radical (unpaired) electrons. The molecular formula is C8H9ClF3N3O. The van der Waals surface area contributed by atoms with Crippen LogP contribution in [0.25, 0.3) is 0 Å². The Hall–Kier alpha value is -1.08. The fourth-order valence-corrected chi connectivity index (χ4v) is 1.15. The van der Waals surface area contributed by atoms with Crippen LogP contribution < -0.4 is 4.90 Å². The van der Waals surface area contributed by atoms with Gasteiger partial charge in [-0.05, 0) is 0 Å². The van der Waals surface area contributed by atoms with Gasteiger partial charge in [0.2, 0.25) is 5.95 Å². The molecule has 1 aromatic heterocycles. The zero-order valence-electron chi connectivity index (χ0n) is 8.08. The Morgan fingerprint density at radius 2 is 1.88 bits per heavy atom. The van der Waals surface area contributed by atoms with E-state index >= 15 is 0 Å². The summed E-state index contributed by atoms with van der Waals surface area (Å²) in [6.07, 6.45) is -1.98.